The lowest BCUT2D eigenvalue weighted by molar-refractivity contribution is -0.00939. The molecule has 1 fully saturated rings. The lowest BCUT2D eigenvalue weighted by atomic mass is 9.85. The quantitative estimate of drug-likeness (QED) is 0.502. The van der Waals surface area contributed by atoms with Crippen molar-refractivity contribution in [3.8, 4) is 0 Å². The van der Waals surface area contributed by atoms with E-state index in [1.54, 1.807) is 0 Å². The fourth-order valence-corrected chi connectivity index (χ4v) is 2.52. The first-order valence-corrected chi connectivity index (χ1v) is 5.06. The van der Waals surface area contributed by atoms with Gasteiger partial charge in [-0.25, -0.2) is 0 Å². The average molecular weight is 166 g/mol. The van der Waals surface area contributed by atoms with Gasteiger partial charge in [-0.05, 0) is 46.0 Å². The van der Waals surface area contributed by atoms with Crippen LogP contribution in [0.15, 0.2) is 11.6 Å². The van der Waals surface area contributed by atoms with Crippen LogP contribution in [0.2, 0.25) is 0 Å². The van der Waals surface area contributed by atoms with Crippen molar-refractivity contribution in [2.45, 2.75) is 57.7 Å². The minimum absolute atomic E-state index is 0.155. The van der Waals surface area contributed by atoms with Crippen LogP contribution >= 0.6 is 0 Å². The average Bonchev–Trinajstić information content (AvgIpc) is 2.32. The Morgan fingerprint density at radius 3 is 2.92 bits per heavy atom. The van der Waals surface area contributed by atoms with E-state index in [-0.39, 0.29) is 5.60 Å². The maximum Gasteiger partial charge on any atom is 0.0869 e. The van der Waals surface area contributed by atoms with E-state index < -0.39 is 0 Å². The molecule has 68 valence electrons. The summed E-state index contributed by atoms with van der Waals surface area (Å²) in [6, 6.07) is 0. The Morgan fingerprint density at radius 2 is 2.33 bits per heavy atom. The topological polar surface area (TPSA) is 9.23 Å². The fourth-order valence-electron chi connectivity index (χ4n) is 2.52. The zero-order valence-corrected chi connectivity index (χ0v) is 8.10. The molecule has 0 aromatic heterocycles. The molecule has 1 heterocycles. The van der Waals surface area contributed by atoms with Crippen LogP contribution < -0.4 is 0 Å². The first kappa shape index (κ1) is 8.31. The fraction of sp³-hybridized carbons (Fsp3) is 0.818. The molecular formula is C11H18O. The number of rotatable bonds is 0. The summed E-state index contributed by atoms with van der Waals surface area (Å²) >= 11 is 0. The zero-order chi connectivity index (χ0) is 8.60. The molecule has 0 aromatic carbocycles. The van der Waals surface area contributed by atoms with Crippen molar-refractivity contribution >= 4 is 0 Å². The van der Waals surface area contributed by atoms with E-state index in [4.69, 9.17) is 4.74 Å². The Morgan fingerprint density at radius 1 is 1.50 bits per heavy atom. The van der Waals surface area contributed by atoms with Gasteiger partial charge in [-0.3, -0.25) is 0 Å². The second kappa shape index (κ2) is 2.88. The van der Waals surface area contributed by atoms with Crippen LogP contribution in [-0.2, 0) is 4.74 Å². The summed E-state index contributed by atoms with van der Waals surface area (Å²) in [4.78, 5) is 0. The van der Waals surface area contributed by atoms with Gasteiger partial charge in [0.05, 0.1) is 11.7 Å². The van der Waals surface area contributed by atoms with Gasteiger partial charge >= 0.3 is 0 Å². The van der Waals surface area contributed by atoms with E-state index in [2.05, 4.69) is 19.9 Å². The molecule has 1 saturated heterocycles. The van der Waals surface area contributed by atoms with Crippen LogP contribution in [0.5, 0.6) is 0 Å². The van der Waals surface area contributed by atoms with E-state index in [1.165, 1.54) is 37.7 Å². The summed E-state index contributed by atoms with van der Waals surface area (Å²) < 4.78 is 5.98. The van der Waals surface area contributed by atoms with Gasteiger partial charge in [0, 0.05) is 0 Å². The minimum Gasteiger partial charge on any atom is -0.368 e. The third kappa shape index (κ3) is 1.42. The van der Waals surface area contributed by atoms with Crippen molar-refractivity contribution in [2.24, 2.45) is 0 Å². The van der Waals surface area contributed by atoms with Crippen molar-refractivity contribution in [1.29, 1.82) is 0 Å². The van der Waals surface area contributed by atoms with Crippen LogP contribution in [-0.4, -0.2) is 11.7 Å². The van der Waals surface area contributed by atoms with E-state index in [0.717, 1.165) is 0 Å². The van der Waals surface area contributed by atoms with Crippen molar-refractivity contribution in [3.05, 3.63) is 11.6 Å². The highest BCUT2D eigenvalue weighted by molar-refractivity contribution is 5.15. The SMILES string of the molecule is CC1=CC2(CCC1)CCC(C)O2. The van der Waals surface area contributed by atoms with Gasteiger partial charge in [0.25, 0.3) is 0 Å². The Bertz CT molecular complexity index is 207. The molecule has 0 bridgehead atoms. The standard InChI is InChI=1S/C11H18O/c1-9-4-3-6-11(8-9)7-5-10(2)12-11/h8,10H,3-7H2,1-2H3. The molecule has 0 saturated carbocycles. The van der Waals surface area contributed by atoms with Gasteiger partial charge in [0.15, 0.2) is 0 Å². The van der Waals surface area contributed by atoms with Crippen LogP contribution in [0, 0.1) is 0 Å². The maximum absolute atomic E-state index is 5.98. The number of ether oxygens (including phenoxy) is 1. The summed E-state index contributed by atoms with van der Waals surface area (Å²) in [6.07, 6.45) is 9.17. The molecule has 2 aliphatic rings. The van der Waals surface area contributed by atoms with E-state index >= 15 is 0 Å². The summed E-state index contributed by atoms with van der Waals surface area (Å²) in [5, 5.41) is 0. The highest BCUT2D eigenvalue weighted by Crippen LogP contribution is 2.39. The van der Waals surface area contributed by atoms with Crippen molar-refractivity contribution in [1.82, 2.24) is 0 Å². The minimum atomic E-state index is 0.155. The van der Waals surface area contributed by atoms with E-state index in [1.807, 2.05) is 0 Å². The molecule has 12 heavy (non-hydrogen) atoms. The van der Waals surface area contributed by atoms with Crippen LogP contribution in [0.1, 0.15) is 46.0 Å². The molecule has 0 aromatic rings. The summed E-state index contributed by atoms with van der Waals surface area (Å²) in [5.74, 6) is 0. The monoisotopic (exact) mass is 166 g/mol. The molecule has 0 N–H and O–H groups in total. The van der Waals surface area contributed by atoms with Gasteiger partial charge in [0.2, 0.25) is 0 Å². The van der Waals surface area contributed by atoms with Crippen molar-refractivity contribution in [3.63, 3.8) is 0 Å². The van der Waals surface area contributed by atoms with Gasteiger partial charge in [-0.15, -0.1) is 0 Å². The number of allylic oxidation sites excluding steroid dienone is 1. The first-order chi connectivity index (χ1) is 5.70. The molecule has 1 aliphatic heterocycles. The Kier molecular flexibility index (Phi) is 1.99. The van der Waals surface area contributed by atoms with Crippen molar-refractivity contribution < 1.29 is 4.74 Å². The van der Waals surface area contributed by atoms with Crippen molar-refractivity contribution in [2.75, 3.05) is 0 Å². The molecule has 1 heteroatoms. The Labute approximate surface area is 74.8 Å². The van der Waals surface area contributed by atoms with Crippen LogP contribution in [0.4, 0.5) is 0 Å². The number of hydrogen-bond acceptors (Lipinski definition) is 1. The third-order valence-corrected chi connectivity index (χ3v) is 3.09. The van der Waals surface area contributed by atoms with Gasteiger partial charge in [-0.1, -0.05) is 11.6 Å². The molecule has 2 unspecified atom stereocenters. The highest BCUT2D eigenvalue weighted by atomic mass is 16.5. The molecule has 1 nitrogen and oxygen atoms in total. The predicted octanol–water partition coefficient (Wildman–Crippen LogP) is 3.05. The van der Waals surface area contributed by atoms with Gasteiger partial charge in [0.1, 0.15) is 0 Å². The number of hydrogen-bond donors (Lipinski definition) is 0. The Hall–Kier alpha value is -0.300. The molecule has 2 atom stereocenters. The third-order valence-electron chi connectivity index (χ3n) is 3.09. The van der Waals surface area contributed by atoms with Gasteiger partial charge in [-0.2, -0.15) is 0 Å². The molecule has 0 amide bonds. The largest absolute Gasteiger partial charge is 0.368 e. The normalized spacial score (nSPS) is 41.8. The predicted molar refractivity (Wildman–Crippen MR) is 50.1 cm³/mol. The summed E-state index contributed by atoms with van der Waals surface area (Å²) in [7, 11) is 0. The zero-order valence-electron chi connectivity index (χ0n) is 8.10. The first-order valence-electron chi connectivity index (χ1n) is 5.06. The molecular weight excluding hydrogens is 148 g/mol. The molecule has 0 radical (unpaired) electrons. The van der Waals surface area contributed by atoms with E-state index in [0.29, 0.717) is 6.10 Å². The summed E-state index contributed by atoms with van der Waals surface area (Å²) in [5.41, 5.74) is 1.68. The molecule has 1 aliphatic carbocycles. The molecule has 2 rings (SSSR count). The second-order valence-corrected chi connectivity index (χ2v) is 4.38. The van der Waals surface area contributed by atoms with Crippen LogP contribution in [0.25, 0.3) is 0 Å². The van der Waals surface area contributed by atoms with Crippen LogP contribution in [0.3, 0.4) is 0 Å². The van der Waals surface area contributed by atoms with Gasteiger partial charge < -0.3 is 4.74 Å². The lowest BCUT2D eigenvalue weighted by Crippen LogP contribution is -2.28. The van der Waals surface area contributed by atoms with E-state index in [9.17, 15) is 0 Å². The maximum atomic E-state index is 5.98. The Balaban J connectivity index is 2.15. The highest BCUT2D eigenvalue weighted by Gasteiger charge is 2.37. The smallest absolute Gasteiger partial charge is 0.0869 e. The second-order valence-electron chi connectivity index (χ2n) is 4.38. The lowest BCUT2D eigenvalue weighted by Gasteiger charge is -2.30. The summed E-state index contributed by atoms with van der Waals surface area (Å²) in [6.45, 7) is 4.42. The molecule has 1 spiro atoms.